The SMILES string of the molecule is CCCC(=O)NCCc1noc2ccc(OC)cc12. The minimum atomic E-state index is 0.0767. The van der Waals surface area contributed by atoms with E-state index >= 15 is 0 Å². The number of benzene rings is 1. The smallest absolute Gasteiger partial charge is 0.219 e. The first kappa shape index (κ1) is 13.4. The van der Waals surface area contributed by atoms with E-state index in [1.807, 2.05) is 25.1 Å². The Kier molecular flexibility index (Phi) is 4.39. The number of carbonyl (C=O) groups excluding carboxylic acids is 1. The molecular weight excluding hydrogens is 244 g/mol. The van der Waals surface area contributed by atoms with Crippen molar-refractivity contribution in [3.05, 3.63) is 23.9 Å². The summed E-state index contributed by atoms with van der Waals surface area (Å²) in [5.74, 6) is 0.847. The lowest BCUT2D eigenvalue weighted by atomic mass is 10.1. The van der Waals surface area contributed by atoms with Crippen molar-refractivity contribution in [2.75, 3.05) is 13.7 Å². The molecule has 5 heteroatoms. The predicted octanol–water partition coefficient (Wildman–Crippen LogP) is 2.30. The van der Waals surface area contributed by atoms with Crippen molar-refractivity contribution >= 4 is 16.9 Å². The van der Waals surface area contributed by atoms with Crippen LogP contribution in [0.2, 0.25) is 0 Å². The van der Waals surface area contributed by atoms with Gasteiger partial charge in [0.2, 0.25) is 5.91 Å². The van der Waals surface area contributed by atoms with E-state index in [0.717, 1.165) is 28.8 Å². The second-order valence-corrected chi connectivity index (χ2v) is 4.34. The summed E-state index contributed by atoms with van der Waals surface area (Å²) in [6.45, 7) is 2.55. The molecule has 0 aliphatic carbocycles. The summed E-state index contributed by atoms with van der Waals surface area (Å²) in [4.78, 5) is 11.4. The molecule has 0 unspecified atom stereocenters. The molecule has 0 atom stereocenters. The summed E-state index contributed by atoms with van der Waals surface area (Å²) in [7, 11) is 1.62. The Morgan fingerprint density at radius 1 is 1.47 bits per heavy atom. The van der Waals surface area contributed by atoms with Gasteiger partial charge in [-0.05, 0) is 24.6 Å². The Morgan fingerprint density at radius 3 is 3.05 bits per heavy atom. The fourth-order valence-corrected chi connectivity index (χ4v) is 1.91. The number of hydrogen-bond donors (Lipinski definition) is 1. The third kappa shape index (κ3) is 3.24. The monoisotopic (exact) mass is 262 g/mol. The molecular formula is C14H18N2O3. The van der Waals surface area contributed by atoms with Crippen LogP contribution in [0.4, 0.5) is 0 Å². The van der Waals surface area contributed by atoms with Gasteiger partial charge in [0, 0.05) is 24.8 Å². The number of methoxy groups -OCH3 is 1. The minimum absolute atomic E-state index is 0.0767. The van der Waals surface area contributed by atoms with Crippen LogP contribution in [0, 0.1) is 0 Å². The number of fused-ring (bicyclic) bond motifs is 1. The van der Waals surface area contributed by atoms with Gasteiger partial charge >= 0.3 is 0 Å². The molecule has 5 nitrogen and oxygen atoms in total. The van der Waals surface area contributed by atoms with Gasteiger partial charge in [0.15, 0.2) is 5.58 Å². The molecule has 0 spiro atoms. The van der Waals surface area contributed by atoms with E-state index in [0.29, 0.717) is 19.4 Å². The lowest BCUT2D eigenvalue weighted by Gasteiger charge is -2.02. The van der Waals surface area contributed by atoms with Crippen molar-refractivity contribution < 1.29 is 14.1 Å². The lowest BCUT2D eigenvalue weighted by molar-refractivity contribution is -0.121. The maximum absolute atomic E-state index is 11.4. The average molecular weight is 262 g/mol. The molecule has 19 heavy (non-hydrogen) atoms. The van der Waals surface area contributed by atoms with E-state index < -0.39 is 0 Å². The van der Waals surface area contributed by atoms with Gasteiger partial charge in [0.05, 0.1) is 12.8 Å². The van der Waals surface area contributed by atoms with Crippen molar-refractivity contribution in [3.8, 4) is 5.75 Å². The van der Waals surface area contributed by atoms with Crippen molar-refractivity contribution in [2.45, 2.75) is 26.2 Å². The van der Waals surface area contributed by atoms with Gasteiger partial charge in [0.25, 0.3) is 0 Å². The largest absolute Gasteiger partial charge is 0.497 e. The Bertz CT molecular complexity index is 563. The number of ether oxygens (including phenoxy) is 1. The Labute approximate surface area is 111 Å². The van der Waals surface area contributed by atoms with E-state index in [-0.39, 0.29) is 5.91 Å². The van der Waals surface area contributed by atoms with Gasteiger partial charge in [0.1, 0.15) is 5.75 Å². The van der Waals surface area contributed by atoms with Gasteiger partial charge in [-0.1, -0.05) is 12.1 Å². The first-order valence-corrected chi connectivity index (χ1v) is 6.43. The second-order valence-electron chi connectivity index (χ2n) is 4.34. The molecule has 2 rings (SSSR count). The number of hydrogen-bond acceptors (Lipinski definition) is 4. The van der Waals surface area contributed by atoms with Crippen molar-refractivity contribution in [1.82, 2.24) is 10.5 Å². The molecule has 0 radical (unpaired) electrons. The quantitative estimate of drug-likeness (QED) is 0.867. The maximum Gasteiger partial charge on any atom is 0.219 e. The summed E-state index contributed by atoms with van der Waals surface area (Å²) < 4.78 is 10.4. The third-order valence-electron chi connectivity index (χ3n) is 2.91. The van der Waals surface area contributed by atoms with Gasteiger partial charge in [-0.3, -0.25) is 4.79 Å². The highest BCUT2D eigenvalue weighted by Crippen LogP contribution is 2.23. The van der Waals surface area contributed by atoms with E-state index in [1.165, 1.54) is 0 Å². The van der Waals surface area contributed by atoms with Crippen LogP contribution in [0.1, 0.15) is 25.5 Å². The third-order valence-corrected chi connectivity index (χ3v) is 2.91. The molecule has 0 bridgehead atoms. The van der Waals surface area contributed by atoms with E-state index in [4.69, 9.17) is 9.26 Å². The highest BCUT2D eigenvalue weighted by molar-refractivity contribution is 5.81. The van der Waals surface area contributed by atoms with E-state index in [9.17, 15) is 4.79 Å². The average Bonchev–Trinajstić information content (AvgIpc) is 2.81. The highest BCUT2D eigenvalue weighted by Gasteiger charge is 2.09. The molecule has 0 aliphatic heterocycles. The van der Waals surface area contributed by atoms with Gasteiger partial charge in [-0.15, -0.1) is 0 Å². The first-order chi connectivity index (χ1) is 9.24. The molecule has 1 aromatic heterocycles. The number of rotatable bonds is 6. The Hall–Kier alpha value is -2.04. The van der Waals surface area contributed by atoms with E-state index in [2.05, 4.69) is 10.5 Å². The zero-order chi connectivity index (χ0) is 13.7. The summed E-state index contributed by atoms with van der Waals surface area (Å²) in [5, 5.41) is 7.83. The molecule has 102 valence electrons. The minimum Gasteiger partial charge on any atom is -0.497 e. The van der Waals surface area contributed by atoms with Crippen LogP contribution in [0.5, 0.6) is 5.75 Å². The summed E-state index contributed by atoms with van der Waals surface area (Å²) in [6, 6.07) is 5.57. The first-order valence-electron chi connectivity index (χ1n) is 6.43. The van der Waals surface area contributed by atoms with Crippen molar-refractivity contribution in [2.24, 2.45) is 0 Å². The second kappa shape index (κ2) is 6.22. The summed E-state index contributed by atoms with van der Waals surface area (Å²) in [5.41, 5.74) is 1.57. The molecule has 0 saturated heterocycles. The molecule has 0 aliphatic rings. The van der Waals surface area contributed by atoms with Crippen LogP contribution >= 0.6 is 0 Å². The van der Waals surface area contributed by atoms with Crippen molar-refractivity contribution in [3.63, 3.8) is 0 Å². The topological polar surface area (TPSA) is 64.4 Å². The van der Waals surface area contributed by atoms with Crippen LogP contribution in [-0.4, -0.2) is 24.7 Å². The van der Waals surface area contributed by atoms with Crippen LogP contribution in [-0.2, 0) is 11.2 Å². The zero-order valence-corrected chi connectivity index (χ0v) is 11.2. The van der Waals surface area contributed by atoms with Gasteiger partial charge in [-0.2, -0.15) is 0 Å². The molecule has 1 aromatic carbocycles. The Morgan fingerprint density at radius 2 is 2.32 bits per heavy atom. The molecule has 1 heterocycles. The molecule has 2 aromatic rings. The summed E-state index contributed by atoms with van der Waals surface area (Å²) >= 11 is 0. The maximum atomic E-state index is 11.4. The molecule has 1 N–H and O–H groups in total. The number of nitrogens with one attached hydrogen (secondary N) is 1. The van der Waals surface area contributed by atoms with Gasteiger partial charge < -0.3 is 14.6 Å². The fraction of sp³-hybridized carbons (Fsp3) is 0.429. The standard InChI is InChI=1S/C14H18N2O3/c1-3-4-14(17)15-8-7-12-11-9-10(18-2)5-6-13(11)19-16-12/h5-6,9H,3-4,7-8H2,1-2H3,(H,15,17). The van der Waals surface area contributed by atoms with Crippen molar-refractivity contribution in [1.29, 1.82) is 0 Å². The molecule has 0 fully saturated rings. The molecule has 0 saturated carbocycles. The highest BCUT2D eigenvalue weighted by atomic mass is 16.5. The lowest BCUT2D eigenvalue weighted by Crippen LogP contribution is -2.25. The van der Waals surface area contributed by atoms with Gasteiger partial charge in [-0.25, -0.2) is 0 Å². The summed E-state index contributed by atoms with van der Waals surface area (Å²) in [6.07, 6.45) is 2.07. The number of aromatic nitrogens is 1. The zero-order valence-electron chi connectivity index (χ0n) is 11.2. The predicted molar refractivity (Wildman–Crippen MR) is 72.2 cm³/mol. The van der Waals surface area contributed by atoms with E-state index in [1.54, 1.807) is 7.11 Å². The van der Waals surface area contributed by atoms with Crippen LogP contribution in [0.15, 0.2) is 22.7 Å². The molecule has 1 amide bonds. The number of carbonyl (C=O) groups is 1. The Balaban J connectivity index is 2.02. The van der Waals surface area contributed by atoms with Crippen LogP contribution in [0.3, 0.4) is 0 Å². The van der Waals surface area contributed by atoms with Crippen LogP contribution < -0.4 is 10.1 Å². The fourth-order valence-electron chi connectivity index (χ4n) is 1.91. The normalized spacial score (nSPS) is 10.6. The van der Waals surface area contributed by atoms with Crippen LogP contribution in [0.25, 0.3) is 11.0 Å². The number of amides is 1. The number of nitrogens with zero attached hydrogens (tertiary/aromatic N) is 1.